The van der Waals surface area contributed by atoms with Gasteiger partial charge in [0.1, 0.15) is 0 Å². The van der Waals surface area contributed by atoms with Gasteiger partial charge in [-0.15, -0.1) is 0 Å². The minimum Gasteiger partial charge on any atom is -0.381 e. The molecule has 0 amide bonds. The number of nitrogens with zero attached hydrogens (tertiary/aromatic N) is 5. The van der Waals surface area contributed by atoms with Crippen molar-refractivity contribution in [3.63, 3.8) is 0 Å². The molecule has 146 valence electrons. The number of anilines is 1. The van der Waals surface area contributed by atoms with E-state index in [0.29, 0.717) is 18.5 Å². The molecule has 1 aliphatic heterocycles. The van der Waals surface area contributed by atoms with Gasteiger partial charge in [-0.05, 0) is 31.4 Å². The van der Waals surface area contributed by atoms with Crippen LogP contribution < -0.4 is 10.9 Å². The number of aromatic nitrogens is 5. The van der Waals surface area contributed by atoms with Gasteiger partial charge in [-0.1, -0.05) is 6.92 Å². The highest BCUT2D eigenvalue weighted by Gasteiger charge is 2.14. The fourth-order valence-electron chi connectivity index (χ4n) is 3.25. The Morgan fingerprint density at radius 3 is 2.71 bits per heavy atom. The molecule has 8 heteroatoms. The lowest BCUT2D eigenvalue weighted by Gasteiger charge is -2.22. The number of ether oxygens (including phenoxy) is 1. The zero-order chi connectivity index (χ0) is 19.3. The zero-order valence-electron chi connectivity index (χ0n) is 15.9. The van der Waals surface area contributed by atoms with Gasteiger partial charge in [-0.2, -0.15) is 5.10 Å². The van der Waals surface area contributed by atoms with Crippen LogP contribution in [-0.2, 0) is 11.3 Å². The summed E-state index contributed by atoms with van der Waals surface area (Å²) in [4.78, 5) is 20.7. The Kier molecular flexibility index (Phi) is 5.48. The molecule has 0 aliphatic carbocycles. The van der Waals surface area contributed by atoms with E-state index in [1.165, 1.54) is 0 Å². The second-order valence-corrected chi connectivity index (χ2v) is 6.89. The molecular weight excluding hydrogens is 356 g/mol. The van der Waals surface area contributed by atoms with Gasteiger partial charge in [-0.25, -0.2) is 14.6 Å². The molecular formula is C20H24N6O2. The van der Waals surface area contributed by atoms with Gasteiger partial charge in [0.2, 0.25) is 5.95 Å². The Hall–Kier alpha value is -3.00. The van der Waals surface area contributed by atoms with Crippen molar-refractivity contribution >= 4 is 5.95 Å². The summed E-state index contributed by atoms with van der Waals surface area (Å²) in [6.45, 7) is 4.29. The summed E-state index contributed by atoms with van der Waals surface area (Å²) in [5.41, 5.74) is 2.47. The number of rotatable bonds is 6. The van der Waals surface area contributed by atoms with Crippen molar-refractivity contribution in [2.45, 2.75) is 38.8 Å². The summed E-state index contributed by atoms with van der Waals surface area (Å²) >= 11 is 0. The van der Waals surface area contributed by atoms with Gasteiger partial charge in [0.05, 0.1) is 11.4 Å². The van der Waals surface area contributed by atoms with Crippen molar-refractivity contribution in [3.8, 4) is 16.9 Å². The van der Waals surface area contributed by atoms with Crippen molar-refractivity contribution < 1.29 is 4.74 Å². The van der Waals surface area contributed by atoms with E-state index in [9.17, 15) is 4.79 Å². The molecule has 0 bridgehead atoms. The molecule has 0 atom stereocenters. The first-order valence-electron chi connectivity index (χ1n) is 9.66. The summed E-state index contributed by atoms with van der Waals surface area (Å²) in [5.74, 6) is 0.627. The minimum atomic E-state index is -0.000929. The van der Waals surface area contributed by atoms with Crippen LogP contribution in [0.15, 0.2) is 47.8 Å². The van der Waals surface area contributed by atoms with Crippen LogP contribution in [0.1, 0.15) is 26.2 Å². The second kappa shape index (κ2) is 8.35. The fourth-order valence-corrected chi connectivity index (χ4v) is 3.25. The highest BCUT2D eigenvalue weighted by atomic mass is 16.5. The first kappa shape index (κ1) is 18.4. The number of nitrogens with one attached hydrogen (secondary N) is 1. The molecule has 0 saturated carbocycles. The maximum Gasteiger partial charge on any atom is 0.250 e. The average Bonchev–Trinajstić information content (AvgIpc) is 3.21. The molecule has 1 fully saturated rings. The Bertz CT molecular complexity index is 973. The third kappa shape index (κ3) is 4.12. The third-order valence-corrected chi connectivity index (χ3v) is 4.79. The van der Waals surface area contributed by atoms with E-state index in [-0.39, 0.29) is 5.56 Å². The van der Waals surface area contributed by atoms with E-state index in [4.69, 9.17) is 4.74 Å². The van der Waals surface area contributed by atoms with Crippen molar-refractivity contribution in [2.24, 2.45) is 0 Å². The summed E-state index contributed by atoms with van der Waals surface area (Å²) in [5, 5.41) is 7.97. The van der Waals surface area contributed by atoms with Crippen molar-refractivity contribution in [1.82, 2.24) is 24.3 Å². The van der Waals surface area contributed by atoms with Crippen LogP contribution in [0.25, 0.3) is 16.9 Å². The van der Waals surface area contributed by atoms with Gasteiger partial charge in [-0.3, -0.25) is 4.79 Å². The highest BCUT2D eigenvalue weighted by molar-refractivity contribution is 5.57. The molecule has 1 N–H and O–H groups in total. The predicted octanol–water partition coefficient (Wildman–Crippen LogP) is 2.49. The van der Waals surface area contributed by atoms with Gasteiger partial charge in [0.25, 0.3) is 5.56 Å². The van der Waals surface area contributed by atoms with Gasteiger partial charge in [0.15, 0.2) is 0 Å². The number of hydrogen-bond acceptors (Lipinski definition) is 6. The maximum atomic E-state index is 11.9. The second-order valence-electron chi connectivity index (χ2n) is 6.89. The quantitative estimate of drug-likeness (QED) is 0.707. The van der Waals surface area contributed by atoms with Crippen molar-refractivity contribution in [3.05, 3.63) is 53.3 Å². The van der Waals surface area contributed by atoms with Crippen LogP contribution in [0.5, 0.6) is 0 Å². The molecule has 1 aliphatic rings. The molecule has 1 saturated heterocycles. The molecule has 0 unspecified atom stereocenters. The smallest absolute Gasteiger partial charge is 0.250 e. The van der Waals surface area contributed by atoms with Crippen LogP contribution in [0.2, 0.25) is 0 Å². The summed E-state index contributed by atoms with van der Waals surface area (Å²) in [7, 11) is 0. The number of hydrogen-bond donors (Lipinski definition) is 1. The minimum absolute atomic E-state index is 0.000929. The first-order chi connectivity index (χ1) is 13.7. The van der Waals surface area contributed by atoms with E-state index in [0.717, 1.165) is 49.4 Å². The molecule has 3 aromatic rings. The Morgan fingerprint density at radius 1 is 1.18 bits per heavy atom. The van der Waals surface area contributed by atoms with Crippen molar-refractivity contribution in [2.75, 3.05) is 18.5 Å². The van der Waals surface area contributed by atoms with E-state index in [1.807, 2.05) is 25.4 Å². The maximum absolute atomic E-state index is 11.9. The largest absolute Gasteiger partial charge is 0.381 e. The van der Waals surface area contributed by atoms with E-state index in [2.05, 4.69) is 20.4 Å². The molecule has 0 aromatic carbocycles. The Morgan fingerprint density at radius 2 is 1.96 bits per heavy atom. The lowest BCUT2D eigenvalue weighted by atomic mass is 10.1. The van der Waals surface area contributed by atoms with Crippen LogP contribution in [0.3, 0.4) is 0 Å². The average molecular weight is 380 g/mol. The SMILES string of the molecule is CCCn1cc(-n2ccc(-c3cnc(NC4CCOCC4)nc3)n2)ccc1=O. The molecule has 4 rings (SSSR count). The fraction of sp³-hybridized carbons (Fsp3) is 0.400. The topological polar surface area (TPSA) is 86.9 Å². The monoisotopic (exact) mass is 380 g/mol. The van der Waals surface area contributed by atoms with E-state index >= 15 is 0 Å². The summed E-state index contributed by atoms with van der Waals surface area (Å²) in [6, 6.07) is 5.63. The lowest BCUT2D eigenvalue weighted by molar-refractivity contribution is 0.0903. The summed E-state index contributed by atoms with van der Waals surface area (Å²) < 4.78 is 8.83. The van der Waals surface area contributed by atoms with Crippen LogP contribution >= 0.6 is 0 Å². The lowest BCUT2D eigenvalue weighted by Crippen LogP contribution is -2.28. The Labute approximate surface area is 163 Å². The molecule has 3 aromatic heterocycles. The molecule has 0 spiro atoms. The number of pyridine rings is 1. The van der Waals surface area contributed by atoms with Gasteiger partial charge >= 0.3 is 0 Å². The number of aryl methyl sites for hydroxylation is 1. The first-order valence-corrected chi connectivity index (χ1v) is 9.66. The predicted molar refractivity (Wildman–Crippen MR) is 107 cm³/mol. The zero-order valence-corrected chi connectivity index (χ0v) is 15.9. The van der Waals surface area contributed by atoms with Gasteiger partial charge < -0.3 is 14.6 Å². The van der Waals surface area contributed by atoms with E-state index in [1.54, 1.807) is 33.8 Å². The standard InChI is InChI=1S/C20H24N6O2/c1-2-8-25-14-17(3-4-19(25)27)26-9-5-18(24-26)15-12-21-20(22-13-15)23-16-6-10-28-11-7-16/h3-5,9,12-14,16H,2,6-8,10-11H2,1H3,(H,21,22,23). The molecule has 4 heterocycles. The Balaban J connectivity index is 1.49. The third-order valence-electron chi connectivity index (χ3n) is 4.79. The molecule has 28 heavy (non-hydrogen) atoms. The normalized spacial score (nSPS) is 14.9. The summed E-state index contributed by atoms with van der Waals surface area (Å²) in [6.07, 6.45) is 10.1. The molecule has 0 radical (unpaired) electrons. The van der Waals surface area contributed by atoms with E-state index < -0.39 is 0 Å². The van der Waals surface area contributed by atoms with Crippen LogP contribution in [-0.4, -0.2) is 43.6 Å². The molecule has 8 nitrogen and oxygen atoms in total. The van der Waals surface area contributed by atoms with Crippen LogP contribution in [0, 0.1) is 0 Å². The van der Waals surface area contributed by atoms with Gasteiger partial charge in [0, 0.05) is 62.2 Å². The van der Waals surface area contributed by atoms with Crippen LogP contribution in [0.4, 0.5) is 5.95 Å². The highest BCUT2D eigenvalue weighted by Crippen LogP contribution is 2.18. The van der Waals surface area contributed by atoms with Crippen molar-refractivity contribution in [1.29, 1.82) is 0 Å².